The number of carbonyl (C=O) groups excluding carboxylic acids is 1. The molecule has 0 bridgehead atoms. The molecule has 2 saturated carbocycles. The highest BCUT2D eigenvalue weighted by Crippen LogP contribution is 2.44. The van der Waals surface area contributed by atoms with E-state index >= 15 is 0 Å². The predicted octanol–water partition coefficient (Wildman–Crippen LogP) is 2.05. The van der Waals surface area contributed by atoms with E-state index in [1.54, 1.807) is 12.0 Å². The molecule has 2 fully saturated rings. The number of methoxy groups -OCH3 is 1. The van der Waals surface area contributed by atoms with Crippen molar-refractivity contribution in [2.24, 2.45) is 5.41 Å². The standard InChI is InChI=1S/C15H25NO4/c1-16(11-4-6-12(20-2)7-5-11)13(17)10-15(14(18)19)8-3-9-15/h11-12H,3-10H2,1-2H3,(H,18,19). The van der Waals surface area contributed by atoms with Crippen molar-refractivity contribution < 1.29 is 19.4 Å². The third-order valence-electron chi connectivity index (χ3n) is 5.17. The second-order valence-corrected chi connectivity index (χ2v) is 6.29. The molecule has 0 unspecified atom stereocenters. The van der Waals surface area contributed by atoms with Crippen LogP contribution in [0.2, 0.25) is 0 Å². The molecule has 5 nitrogen and oxygen atoms in total. The maximum absolute atomic E-state index is 12.3. The molecule has 0 saturated heterocycles. The summed E-state index contributed by atoms with van der Waals surface area (Å²) >= 11 is 0. The van der Waals surface area contributed by atoms with Gasteiger partial charge in [-0.3, -0.25) is 9.59 Å². The molecule has 0 aromatic rings. The van der Waals surface area contributed by atoms with E-state index in [4.69, 9.17) is 4.74 Å². The summed E-state index contributed by atoms with van der Waals surface area (Å²) in [5.41, 5.74) is -0.783. The number of carboxylic acid groups (broad SMARTS) is 1. The highest BCUT2D eigenvalue weighted by atomic mass is 16.5. The Morgan fingerprint density at radius 2 is 1.85 bits per heavy atom. The maximum atomic E-state index is 12.3. The van der Waals surface area contributed by atoms with Crippen LogP contribution in [0.4, 0.5) is 0 Å². The average molecular weight is 283 g/mol. The molecule has 0 aliphatic heterocycles. The van der Waals surface area contributed by atoms with Crippen LogP contribution in [0.3, 0.4) is 0 Å². The molecule has 2 aliphatic carbocycles. The Bertz CT molecular complexity index is 370. The SMILES string of the molecule is COC1CCC(N(C)C(=O)CC2(C(=O)O)CCC2)CC1. The Morgan fingerprint density at radius 1 is 1.25 bits per heavy atom. The lowest BCUT2D eigenvalue weighted by atomic mass is 9.66. The number of carbonyl (C=O) groups is 2. The molecular formula is C15H25NO4. The third-order valence-corrected chi connectivity index (χ3v) is 5.17. The van der Waals surface area contributed by atoms with Gasteiger partial charge in [0.2, 0.25) is 5.91 Å². The third kappa shape index (κ3) is 2.97. The van der Waals surface area contributed by atoms with Gasteiger partial charge in [-0.05, 0) is 38.5 Å². The van der Waals surface area contributed by atoms with Crippen LogP contribution in [0.1, 0.15) is 51.4 Å². The van der Waals surface area contributed by atoms with Crippen LogP contribution in [-0.2, 0) is 14.3 Å². The first kappa shape index (κ1) is 15.3. The number of hydrogen-bond donors (Lipinski definition) is 1. The summed E-state index contributed by atoms with van der Waals surface area (Å²) in [6.45, 7) is 0. The quantitative estimate of drug-likeness (QED) is 0.838. The first-order valence-corrected chi connectivity index (χ1v) is 7.50. The van der Waals surface area contributed by atoms with Crippen molar-refractivity contribution in [3.63, 3.8) is 0 Å². The minimum Gasteiger partial charge on any atom is -0.481 e. The highest BCUT2D eigenvalue weighted by Gasteiger charge is 2.46. The van der Waals surface area contributed by atoms with E-state index in [1.165, 1.54) is 0 Å². The zero-order chi connectivity index (χ0) is 14.8. The normalized spacial score (nSPS) is 28.5. The van der Waals surface area contributed by atoms with Crippen LogP contribution in [0, 0.1) is 5.41 Å². The second-order valence-electron chi connectivity index (χ2n) is 6.29. The molecular weight excluding hydrogens is 258 g/mol. The van der Waals surface area contributed by atoms with Crippen molar-refractivity contribution in [3.8, 4) is 0 Å². The summed E-state index contributed by atoms with van der Waals surface area (Å²) < 4.78 is 5.34. The summed E-state index contributed by atoms with van der Waals surface area (Å²) in [6.07, 6.45) is 6.50. The molecule has 0 spiro atoms. The maximum Gasteiger partial charge on any atom is 0.310 e. The molecule has 2 rings (SSSR count). The number of carboxylic acids is 1. The minimum absolute atomic E-state index is 0.0204. The lowest BCUT2D eigenvalue weighted by Crippen LogP contribution is -2.46. The fourth-order valence-electron chi connectivity index (χ4n) is 3.36. The van der Waals surface area contributed by atoms with E-state index < -0.39 is 11.4 Å². The zero-order valence-corrected chi connectivity index (χ0v) is 12.4. The van der Waals surface area contributed by atoms with Crippen molar-refractivity contribution in [3.05, 3.63) is 0 Å². The van der Waals surface area contributed by atoms with Crippen molar-refractivity contribution in [2.45, 2.75) is 63.5 Å². The predicted molar refractivity (Wildman–Crippen MR) is 74.4 cm³/mol. The van der Waals surface area contributed by atoms with Crippen LogP contribution < -0.4 is 0 Å². The Hall–Kier alpha value is -1.10. The van der Waals surface area contributed by atoms with Gasteiger partial charge < -0.3 is 14.7 Å². The van der Waals surface area contributed by atoms with E-state index in [0.717, 1.165) is 32.1 Å². The molecule has 0 atom stereocenters. The zero-order valence-electron chi connectivity index (χ0n) is 12.4. The lowest BCUT2D eigenvalue weighted by Gasteiger charge is -2.40. The molecule has 0 aromatic heterocycles. The van der Waals surface area contributed by atoms with Crippen molar-refractivity contribution >= 4 is 11.9 Å². The summed E-state index contributed by atoms with van der Waals surface area (Å²) in [7, 11) is 3.54. The summed E-state index contributed by atoms with van der Waals surface area (Å²) in [4.78, 5) is 25.4. The largest absolute Gasteiger partial charge is 0.481 e. The van der Waals surface area contributed by atoms with Gasteiger partial charge in [-0.15, -0.1) is 0 Å². The van der Waals surface area contributed by atoms with Gasteiger partial charge in [-0.2, -0.15) is 0 Å². The Balaban J connectivity index is 1.88. The Morgan fingerprint density at radius 3 is 2.25 bits per heavy atom. The van der Waals surface area contributed by atoms with Crippen molar-refractivity contribution in [1.82, 2.24) is 4.90 Å². The molecule has 1 N–H and O–H groups in total. The van der Waals surface area contributed by atoms with E-state index in [1.807, 2.05) is 7.05 Å². The fourth-order valence-corrected chi connectivity index (χ4v) is 3.36. The van der Waals surface area contributed by atoms with E-state index in [-0.39, 0.29) is 18.4 Å². The van der Waals surface area contributed by atoms with Gasteiger partial charge in [0.05, 0.1) is 11.5 Å². The van der Waals surface area contributed by atoms with E-state index in [2.05, 4.69) is 0 Å². The number of hydrogen-bond acceptors (Lipinski definition) is 3. The molecule has 5 heteroatoms. The van der Waals surface area contributed by atoms with Crippen molar-refractivity contribution in [1.29, 1.82) is 0 Å². The fraction of sp³-hybridized carbons (Fsp3) is 0.867. The van der Waals surface area contributed by atoms with Gasteiger partial charge in [0.15, 0.2) is 0 Å². The molecule has 1 amide bonds. The first-order valence-electron chi connectivity index (χ1n) is 7.50. The number of aliphatic carboxylic acids is 1. The van der Waals surface area contributed by atoms with Gasteiger partial charge >= 0.3 is 5.97 Å². The first-order chi connectivity index (χ1) is 9.48. The topological polar surface area (TPSA) is 66.8 Å². The van der Waals surface area contributed by atoms with Crippen LogP contribution in [-0.4, -0.2) is 48.2 Å². The second kappa shape index (κ2) is 6.12. The van der Waals surface area contributed by atoms with E-state index in [0.29, 0.717) is 18.9 Å². The number of rotatable bonds is 5. The summed E-state index contributed by atoms with van der Waals surface area (Å²) in [5, 5.41) is 9.30. The number of amides is 1. The summed E-state index contributed by atoms with van der Waals surface area (Å²) in [5.74, 6) is -0.832. The molecule has 0 heterocycles. The minimum atomic E-state index is -0.811. The summed E-state index contributed by atoms with van der Waals surface area (Å²) in [6, 6.07) is 0.236. The molecule has 114 valence electrons. The van der Waals surface area contributed by atoms with Gasteiger partial charge in [0, 0.05) is 26.6 Å². The van der Waals surface area contributed by atoms with Gasteiger partial charge in [-0.25, -0.2) is 0 Å². The van der Waals surface area contributed by atoms with Crippen LogP contribution in [0.15, 0.2) is 0 Å². The monoisotopic (exact) mass is 283 g/mol. The highest BCUT2D eigenvalue weighted by molar-refractivity contribution is 5.85. The van der Waals surface area contributed by atoms with Crippen LogP contribution in [0.5, 0.6) is 0 Å². The smallest absolute Gasteiger partial charge is 0.310 e. The van der Waals surface area contributed by atoms with E-state index in [9.17, 15) is 14.7 Å². The molecule has 20 heavy (non-hydrogen) atoms. The van der Waals surface area contributed by atoms with Crippen molar-refractivity contribution in [2.75, 3.05) is 14.2 Å². The van der Waals surface area contributed by atoms with Gasteiger partial charge in [-0.1, -0.05) is 6.42 Å². The van der Waals surface area contributed by atoms with Gasteiger partial charge in [0.1, 0.15) is 0 Å². The van der Waals surface area contributed by atoms with Crippen LogP contribution >= 0.6 is 0 Å². The molecule has 2 aliphatic rings. The number of ether oxygens (including phenoxy) is 1. The Kier molecular flexibility index (Phi) is 4.68. The average Bonchev–Trinajstić information content (AvgIpc) is 2.41. The Labute approximate surface area is 120 Å². The molecule has 0 radical (unpaired) electrons. The van der Waals surface area contributed by atoms with Gasteiger partial charge in [0.25, 0.3) is 0 Å². The lowest BCUT2D eigenvalue weighted by molar-refractivity contribution is -0.160. The van der Waals surface area contributed by atoms with Crippen LogP contribution in [0.25, 0.3) is 0 Å². The number of nitrogens with zero attached hydrogens (tertiary/aromatic N) is 1. The molecule has 0 aromatic carbocycles.